The van der Waals surface area contributed by atoms with Crippen molar-refractivity contribution < 1.29 is 19.1 Å². The second kappa shape index (κ2) is 7.39. The van der Waals surface area contributed by atoms with Gasteiger partial charge >= 0.3 is 0 Å². The molecule has 28 heavy (non-hydrogen) atoms. The first kappa shape index (κ1) is 19.2. The maximum Gasteiger partial charge on any atom is 0.251 e. The lowest BCUT2D eigenvalue weighted by molar-refractivity contribution is -0.124. The quantitative estimate of drug-likeness (QED) is 0.735. The summed E-state index contributed by atoms with van der Waals surface area (Å²) in [4.78, 5) is 28.4. The molecule has 2 saturated heterocycles. The third kappa shape index (κ3) is 3.50. The van der Waals surface area contributed by atoms with Crippen LogP contribution < -0.4 is 4.90 Å². The molecule has 2 aromatic carbocycles. The maximum absolute atomic E-state index is 13.1. The lowest BCUT2D eigenvalue weighted by atomic mass is 9.84. The lowest BCUT2D eigenvalue weighted by Crippen LogP contribution is -2.49. The summed E-state index contributed by atoms with van der Waals surface area (Å²) in [5.74, 6) is -0.983. The highest BCUT2D eigenvalue weighted by molar-refractivity contribution is 9.10. The Morgan fingerprint density at radius 2 is 1.61 bits per heavy atom. The van der Waals surface area contributed by atoms with Crippen molar-refractivity contribution in [2.75, 3.05) is 18.0 Å². The number of carbonyl (C=O) groups is 2. The smallest absolute Gasteiger partial charge is 0.251 e. The van der Waals surface area contributed by atoms with E-state index < -0.39 is 17.5 Å². The molecule has 2 fully saturated rings. The number of hydrogen-bond donors (Lipinski definition) is 1. The number of hydrogen-bond acceptors (Lipinski definition) is 4. The van der Waals surface area contributed by atoms with E-state index in [1.807, 2.05) is 29.2 Å². The summed E-state index contributed by atoms with van der Waals surface area (Å²) in [5.41, 5.74) is 0.318. The largest absolute Gasteiger partial charge is 0.385 e. The average molecular weight is 447 g/mol. The number of rotatable bonds is 3. The molecule has 1 N–H and O–H groups in total. The van der Waals surface area contributed by atoms with Crippen molar-refractivity contribution in [1.82, 2.24) is 4.90 Å². The summed E-state index contributed by atoms with van der Waals surface area (Å²) < 4.78 is 14.1. The minimum atomic E-state index is -0.931. The summed E-state index contributed by atoms with van der Waals surface area (Å²) >= 11 is 3.40. The summed E-state index contributed by atoms with van der Waals surface area (Å²) in [5, 5.41) is 11.0. The van der Waals surface area contributed by atoms with Crippen molar-refractivity contribution in [3.63, 3.8) is 0 Å². The highest BCUT2D eigenvalue weighted by Gasteiger charge is 2.45. The van der Waals surface area contributed by atoms with Crippen LogP contribution in [0, 0.1) is 5.82 Å². The number of halogens is 2. The van der Waals surface area contributed by atoms with E-state index >= 15 is 0 Å². The van der Waals surface area contributed by atoms with Gasteiger partial charge in [0.25, 0.3) is 5.91 Å². The van der Waals surface area contributed by atoms with Gasteiger partial charge in [-0.05, 0) is 54.8 Å². The first-order chi connectivity index (χ1) is 13.4. The maximum atomic E-state index is 13.1. The monoisotopic (exact) mass is 446 g/mol. The van der Waals surface area contributed by atoms with E-state index in [1.54, 1.807) is 0 Å². The number of likely N-dealkylation sites (tertiary alicyclic amines) is 1. The van der Waals surface area contributed by atoms with E-state index in [4.69, 9.17) is 0 Å². The summed E-state index contributed by atoms with van der Waals surface area (Å²) in [6.45, 7) is 1.04. The van der Waals surface area contributed by atoms with E-state index in [-0.39, 0.29) is 18.2 Å². The van der Waals surface area contributed by atoms with Crippen molar-refractivity contribution in [3.05, 3.63) is 64.4 Å². The van der Waals surface area contributed by atoms with Crippen LogP contribution >= 0.6 is 15.9 Å². The van der Waals surface area contributed by atoms with Gasteiger partial charge in [0.2, 0.25) is 5.91 Å². The molecule has 0 unspecified atom stereocenters. The summed E-state index contributed by atoms with van der Waals surface area (Å²) in [6, 6.07) is 12.4. The molecule has 4 rings (SSSR count). The normalized spacial score (nSPS) is 22.7. The average Bonchev–Trinajstić information content (AvgIpc) is 2.98. The van der Waals surface area contributed by atoms with Crippen LogP contribution in [0.4, 0.5) is 10.1 Å². The van der Waals surface area contributed by atoms with Crippen LogP contribution in [0.3, 0.4) is 0 Å². The van der Waals surface area contributed by atoms with Gasteiger partial charge in [0.1, 0.15) is 5.82 Å². The van der Waals surface area contributed by atoms with E-state index in [9.17, 15) is 19.1 Å². The molecule has 0 aliphatic carbocycles. The Bertz CT molecular complexity index is 893. The number of piperidine rings is 1. The Morgan fingerprint density at radius 3 is 2.21 bits per heavy atom. The van der Waals surface area contributed by atoms with Gasteiger partial charge in [-0.15, -0.1) is 0 Å². The highest BCUT2D eigenvalue weighted by Crippen LogP contribution is 2.36. The van der Waals surface area contributed by atoms with Crippen LogP contribution in [0.25, 0.3) is 0 Å². The molecule has 2 aliphatic rings. The van der Waals surface area contributed by atoms with Crippen LogP contribution in [0.1, 0.15) is 24.8 Å². The van der Waals surface area contributed by atoms with Crippen molar-refractivity contribution in [3.8, 4) is 0 Å². The van der Waals surface area contributed by atoms with Gasteiger partial charge in [-0.1, -0.05) is 28.1 Å². The van der Waals surface area contributed by atoms with Gasteiger partial charge in [0.05, 0.1) is 23.8 Å². The molecule has 146 valence electrons. The third-order valence-electron chi connectivity index (χ3n) is 5.66. The van der Waals surface area contributed by atoms with Crippen molar-refractivity contribution in [1.29, 1.82) is 0 Å². The topological polar surface area (TPSA) is 60.9 Å². The fourth-order valence-corrected chi connectivity index (χ4v) is 4.28. The zero-order chi connectivity index (χ0) is 19.9. The van der Waals surface area contributed by atoms with Crippen LogP contribution in [-0.2, 0) is 15.2 Å². The van der Waals surface area contributed by atoms with Crippen molar-refractivity contribution >= 4 is 33.4 Å². The second-order valence-corrected chi connectivity index (χ2v) is 8.25. The number of aliphatic hydroxyl groups is 1. The van der Waals surface area contributed by atoms with Crippen LogP contribution in [-0.4, -0.2) is 41.0 Å². The van der Waals surface area contributed by atoms with Crippen LogP contribution in [0.15, 0.2) is 53.0 Å². The van der Waals surface area contributed by atoms with Gasteiger partial charge < -0.3 is 5.11 Å². The number of anilines is 1. The fraction of sp³-hybridized carbons (Fsp3) is 0.333. The second-order valence-electron chi connectivity index (χ2n) is 7.34. The number of amides is 2. The molecular formula is C21H20BrFN2O3. The Hall–Kier alpha value is -2.09. The fourth-order valence-electron chi connectivity index (χ4n) is 4.02. The molecule has 0 spiro atoms. The summed E-state index contributed by atoms with van der Waals surface area (Å²) in [6.07, 6.45) is 1.08. The van der Waals surface area contributed by atoms with Gasteiger partial charge in [-0.3, -0.25) is 14.5 Å². The standard InChI is InChI=1S/C21H20BrFN2O3/c22-15-3-1-14(2-4-15)21(28)9-11-24(12-10-21)18-13-19(26)25(20(18)27)17-7-5-16(23)6-8-17/h1-8,18,28H,9-13H2/t18-/m1/s1. The predicted molar refractivity (Wildman–Crippen MR) is 106 cm³/mol. The van der Waals surface area contributed by atoms with Crippen molar-refractivity contribution in [2.24, 2.45) is 0 Å². The first-order valence-electron chi connectivity index (χ1n) is 9.22. The molecule has 2 heterocycles. The number of carbonyl (C=O) groups excluding carboxylic acids is 2. The minimum Gasteiger partial charge on any atom is -0.385 e. The number of nitrogens with zero attached hydrogens (tertiary/aromatic N) is 2. The molecule has 0 aromatic heterocycles. The molecule has 0 bridgehead atoms. The van der Waals surface area contributed by atoms with Gasteiger partial charge in [0.15, 0.2) is 0 Å². The molecule has 7 heteroatoms. The first-order valence-corrected chi connectivity index (χ1v) is 10.0. The molecular weight excluding hydrogens is 427 g/mol. The Morgan fingerprint density at radius 1 is 1.00 bits per heavy atom. The molecule has 0 saturated carbocycles. The van der Waals surface area contributed by atoms with Gasteiger partial charge in [-0.2, -0.15) is 0 Å². The zero-order valence-electron chi connectivity index (χ0n) is 15.1. The van der Waals surface area contributed by atoms with E-state index in [0.29, 0.717) is 31.6 Å². The Labute approximate surface area is 170 Å². The number of benzene rings is 2. The molecule has 0 radical (unpaired) electrons. The van der Waals surface area contributed by atoms with Crippen molar-refractivity contribution in [2.45, 2.75) is 30.9 Å². The highest BCUT2D eigenvalue weighted by atomic mass is 79.9. The molecule has 2 amide bonds. The van der Waals surface area contributed by atoms with Gasteiger partial charge in [0, 0.05) is 17.6 Å². The third-order valence-corrected chi connectivity index (χ3v) is 6.18. The molecule has 5 nitrogen and oxygen atoms in total. The minimum absolute atomic E-state index is 0.104. The van der Waals surface area contributed by atoms with E-state index in [0.717, 1.165) is 14.9 Å². The Kier molecular flexibility index (Phi) is 5.07. The number of imide groups is 1. The summed E-state index contributed by atoms with van der Waals surface area (Å²) in [7, 11) is 0. The Balaban J connectivity index is 1.46. The van der Waals surface area contributed by atoms with Gasteiger partial charge in [-0.25, -0.2) is 9.29 Å². The van der Waals surface area contributed by atoms with E-state index in [1.165, 1.54) is 24.3 Å². The van der Waals surface area contributed by atoms with Crippen LogP contribution in [0.5, 0.6) is 0 Å². The lowest BCUT2D eigenvalue weighted by Gasteiger charge is -2.40. The molecule has 1 atom stereocenters. The molecule has 2 aromatic rings. The predicted octanol–water partition coefficient (Wildman–Crippen LogP) is 3.20. The van der Waals surface area contributed by atoms with E-state index in [2.05, 4.69) is 15.9 Å². The van der Waals surface area contributed by atoms with Crippen LogP contribution in [0.2, 0.25) is 0 Å². The zero-order valence-corrected chi connectivity index (χ0v) is 16.7. The SMILES string of the molecule is O=C1C[C@@H](N2CCC(O)(c3ccc(Br)cc3)CC2)C(=O)N1c1ccc(F)cc1. The molecule has 2 aliphatic heterocycles.